The number of rotatable bonds is 11. The van der Waals surface area contributed by atoms with Crippen molar-refractivity contribution in [1.29, 1.82) is 0 Å². The molecule has 0 aliphatic rings. The zero-order valence-corrected chi connectivity index (χ0v) is 20.7. The molecule has 10 heteroatoms. The molecule has 0 spiro atoms. The van der Waals surface area contributed by atoms with Gasteiger partial charge in [0.1, 0.15) is 22.5 Å². The van der Waals surface area contributed by atoms with Crippen molar-refractivity contribution in [1.82, 2.24) is 25.3 Å². The Morgan fingerprint density at radius 1 is 0.868 bits per heavy atom. The molecule has 0 radical (unpaired) electrons. The molecule has 3 heterocycles. The van der Waals surface area contributed by atoms with E-state index in [1.807, 2.05) is 18.2 Å². The van der Waals surface area contributed by atoms with Crippen LogP contribution < -0.4 is 10.1 Å². The van der Waals surface area contributed by atoms with Crippen molar-refractivity contribution >= 4 is 39.5 Å². The minimum absolute atomic E-state index is 0.172. The highest BCUT2D eigenvalue weighted by molar-refractivity contribution is 6.07. The fourth-order valence-electron chi connectivity index (χ4n) is 4.28. The lowest BCUT2D eigenvalue weighted by atomic mass is 10.0. The van der Waals surface area contributed by atoms with Crippen LogP contribution in [0.15, 0.2) is 71.9 Å². The lowest BCUT2D eigenvalue weighted by molar-refractivity contribution is -0.134. The zero-order chi connectivity index (χ0) is 26.2. The van der Waals surface area contributed by atoms with Crippen molar-refractivity contribution in [3.8, 4) is 5.75 Å². The van der Waals surface area contributed by atoms with Crippen LogP contribution in [0.25, 0.3) is 21.9 Å². The summed E-state index contributed by atoms with van der Waals surface area (Å²) in [6.45, 7) is 0. The highest BCUT2D eigenvalue weighted by Gasteiger charge is 2.14. The number of benzene rings is 2. The topological polar surface area (TPSA) is 133 Å². The summed E-state index contributed by atoms with van der Waals surface area (Å²) in [5.74, 6) is -0.394. The first-order valence-electron chi connectivity index (χ1n) is 12.5. The molecule has 0 bridgehead atoms. The van der Waals surface area contributed by atoms with E-state index in [0.29, 0.717) is 23.4 Å². The molecule has 0 fully saturated rings. The number of aryl methyl sites for hydroxylation is 1. The van der Waals surface area contributed by atoms with Gasteiger partial charge in [-0.3, -0.25) is 19.6 Å². The number of carbonyl (C=O) groups excluding carboxylic acids is 2. The molecule has 10 nitrogen and oxygen atoms in total. The first-order chi connectivity index (χ1) is 18.7. The summed E-state index contributed by atoms with van der Waals surface area (Å²) in [4.78, 5) is 37.4. The number of hydrogen-bond donors (Lipinski definition) is 1. The second-order valence-electron chi connectivity index (χ2n) is 8.88. The number of ether oxygens (including phenoxy) is 1. The van der Waals surface area contributed by atoms with Crippen LogP contribution in [0.1, 0.15) is 54.6 Å². The maximum atomic E-state index is 12.6. The third kappa shape index (κ3) is 6.15. The number of hydrogen-bond acceptors (Lipinski definition) is 9. The predicted octanol–water partition coefficient (Wildman–Crippen LogP) is 5.30. The lowest BCUT2D eigenvalue weighted by Gasteiger charge is -2.11. The fraction of sp³-hybridized carbons (Fsp3) is 0.250. The van der Waals surface area contributed by atoms with Gasteiger partial charge in [0.25, 0.3) is 5.91 Å². The van der Waals surface area contributed by atoms with Crippen LogP contribution in [0.4, 0.5) is 5.69 Å². The number of aromatic nitrogens is 5. The van der Waals surface area contributed by atoms with Gasteiger partial charge in [0.2, 0.25) is 0 Å². The maximum Gasteiger partial charge on any atom is 0.311 e. The smallest absolute Gasteiger partial charge is 0.311 e. The molecule has 0 atom stereocenters. The van der Waals surface area contributed by atoms with Gasteiger partial charge in [0.15, 0.2) is 0 Å². The fourth-order valence-corrected chi connectivity index (χ4v) is 4.28. The van der Waals surface area contributed by atoms with Crippen LogP contribution in [-0.4, -0.2) is 37.1 Å². The van der Waals surface area contributed by atoms with Gasteiger partial charge in [-0.2, -0.15) is 0 Å². The van der Waals surface area contributed by atoms with E-state index in [1.54, 1.807) is 24.4 Å². The van der Waals surface area contributed by atoms with Gasteiger partial charge < -0.3 is 10.1 Å². The molecule has 192 valence electrons. The second-order valence-corrected chi connectivity index (χ2v) is 8.88. The Balaban J connectivity index is 1.10. The number of unbranched alkanes of at least 4 members (excludes halogenated alkanes) is 4. The number of anilines is 1. The molecular formula is C28H26N6O4. The molecule has 0 aliphatic carbocycles. The summed E-state index contributed by atoms with van der Waals surface area (Å²) >= 11 is 0. The van der Waals surface area contributed by atoms with E-state index in [2.05, 4.69) is 36.6 Å². The predicted molar refractivity (Wildman–Crippen MR) is 141 cm³/mol. The minimum atomic E-state index is -0.428. The maximum absolute atomic E-state index is 12.6. The van der Waals surface area contributed by atoms with E-state index in [0.717, 1.165) is 60.5 Å². The van der Waals surface area contributed by atoms with Gasteiger partial charge in [0, 0.05) is 36.5 Å². The molecule has 1 amide bonds. The number of fused-ring (bicyclic) bond motifs is 2. The van der Waals surface area contributed by atoms with E-state index >= 15 is 0 Å². The van der Waals surface area contributed by atoms with Crippen LogP contribution >= 0.6 is 0 Å². The first-order valence-corrected chi connectivity index (χ1v) is 12.5. The molecule has 0 saturated heterocycles. The summed E-state index contributed by atoms with van der Waals surface area (Å²) in [5, 5.41) is 11.4. The number of nitrogens with one attached hydrogen (secondary N) is 1. The molecule has 5 rings (SSSR count). The Kier molecular flexibility index (Phi) is 7.88. The Hall–Kier alpha value is -4.73. The van der Waals surface area contributed by atoms with Gasteiger partial charge in [-0.15, -0.1) is 0 Å². The quantitative estimate of drug-likeness (QED) is 0.143. The lowest BCUT2D eigenvalue weighted by Crippen LogP contribution is -2.15. The Labute approximate surface area is 218 Å². The van der Waals surface area contributed by atoms with E-state index in [9.17, 15) is 9.59 Å². The molecule has 2 aromatic carbocycles. The van der Waals surface area contributed by atoms with Crippen molar-refractivity contribution in [2.24, 2.45) is 0 Å². The largest absolute Gasteiger partial charge is 0.426 e. The van der Waals surface area contributed by atoms with E-state index in [-0.39, 0.29) is 11.7 Å². The van der Waals surface area contributed by atoms with Crippen molar-refractivity contribution in [2.45, 2.75) is 44.9 Å². The summed E-state index contributed by atoms with van der Waals surface area (Å²) < 4.78 is 10.4. The molecule has 38 heavy (non-hydrogen) atoms. The Morgan fingerprint density at radius 3 is 2.66 bits per heavy atom. The van der Waals surface area contributed by atoms with Crippen molar-refractivity contribution in [2.75, 3.05) is 5.32 Å². The van der Waals surface area contributed by atoms with Gasteiger partial charge >= 0.3 is 5.97 Å². The average Bonchev–Trinajstić information content (AvgIpc) is 3.43. The van der Waals surface area contributed by atoms with E-state index in [1.165, 1.54) is 18.6 Å². The van der Waals surface area contributed by atoms with Crippen LogP contribution in [0.3, 0.4) is 0 Å². The molecule has 1 N–H and O–H groups in total. The van der Waals surface area contributed by atoms with Crippen LogP contribution in [0, 0.1) is 0 Å². The summed E-state index contributed by atoms with van der Waals surface area (Å²) in [7, 11) is 0. The van der Waals surface area contributed by atoms with Gasteiger partial charge in [-0.05, 0) is 53.3 Å². The molecule has 0 aliphatic heterocycles. The van der Waals surface area contributed by atoms with Gasteiger partial charge in [-0.1, -0.05) is 37.5 Å². The second kappa shape index (κ2) is 12.0. The first kappa shape index (κ1) is 24.9. The third-order valence-electron chi connectivity index (χ3n) is 6.15. The number of carbonyl (C=O) groups is 2. The number of esters is 1. The van der Waals surface area contributed by atoms with Crippen LogP contribution in [0.2, 0.25) is 0 Å². The number of nitrogens with zero attached hydrogens (tertiary/aromatic N) is 5. The summed E-state index contributed by atoms with van der Waals surface area (Å²) in [5.41, 5.74) is 3.94. The molecule has 5 aromatic rings. The summed E-state index contributed by atoms with van der Waals surface area (Å²) in [6, 6.07) is 12.9. The SMILES string of the molecule is O=C(CCCCCCCc1cccc2nonc12)Oc1cc(NC(=O)c2cnccn2)c2ncccc2c1. The van der Waals surface area contributed by atoms with E-state index < -0.39 is 5.91 Å². The monoisotopic (exact) mass is 510 g/mol. The normalized spacial score (nSPS) is 11.1. The van der Waals surface area contributed by atoms with Gasteiger partial charge in [-0.25, -0.2) is 9.61 Å². The third-order valence-corrected chi connectivity index (χ3v) is 6.15. The number of amides is 1. The zero-order valence-electron chi connectivity index (χ0n) is 20.7. The Morgan fingerprint density at radius 2 is 1.76 bits per heavy atom. The Bertz CT molecular complexity index is 1550. The van der Waals surface area contributed by atoms with Crippen molar-refractivity contribution < 1.29 is 19.0 Å². The van der Waals surface area contributed by atoms with Crippen LogP contribution in [-0.2, 0) is 11.2 Å². The van der Waals surface area contributed by atoms with E-state index in [4.69, 9.17) is 9.37 Å². The molecular weight excluding hydrogens is 484 g/mol. The molecule has 0 saturated carbocycles. The molecule has 0 unspecified atom stereocenters. The van der Waals surface area contributed by atoms with Crippen molar-refractivity contribution in [3.63, 3.8) is 0 Å². The summed E-state index contributed by atoms with van der Waals surface area (Å²) in [6.07, 6.45) is 12.0. The highest BCUT2D eigenvalue weighted by atomic mass is 16.6. The standard InChI is InChI=1S/C28H26N6O4/c35-25(12-5-3-1-2-4-8-19-9-6-11-22-27(19)34-38-33-22)37-21-16-20-10-7-13-31-26(20)23(17-21)32-28(36)24-18-29-14-15-30-24/h6-7,9-11,13-18H,1-5,8,12H2,(H,32,36). The highest BCUT2D eigenvalue weighted by Crippen LogP contribution is 2.28. The average molecular weight is 511 g/mol. The van der Waals surface area contributed by atoms with Gasteiger partial charge in [0.05, 0.1) is 17.4 Å². The van der Waals surface area contributed by atoms with Crippen molar-refractivity contribution in [3.05, 3.63) is 78.5 Å². The number of pyridine rings is 1. The van der Waals surface area contributed by atoms with Crippen LogP contribution in [0.5, 0.6) is 5.75 Å². The minimum Gasteiger partial charge on any atom is -0.426 e. The molecule has 3 aromatic heterocycles.